The zero-order valence-corrected chi connectivity index (χ0v) is 8.89. The van der Waals surface area contributed by atoms with Gasteiger partial charge in [0.15, 0.2) is 0 Å². The van der Waals surface area contributed by atoms with Crippen LogP contribution in [0, 0.1) is 20.8 Å². The summed E-state index contributed by atoms with van der Waals surface area (Å²) in [4.78, 5) is 0. The topological polar surface area (TPSA) is 0 Å². The molecule has 0 aliphatic carbocycles. The molecule has 0 unspecified atom stereocenters. The van der Waals surface area contributed by atoms with E-state index >= 15 is 0 Å². The van der Waals surface area contributed by atoms with E-state index in [1.807, 2.05) is 0 Å². The molecule has 52 valence electrons. The molecular weight excluding hydrogens is 236 g/mol. The fourth-order valence-electron chi connectivity index (χ4n) is 1.17. The third-order valence-electron chi connectivity index (χ3n) is 1.60. The molecule has 0 saturated carbocycles. The summed E-state index contributed by atoms with van der Waals surface area (Å²) in [5, 5.41) is 0. The van der Waals surface area contributed by atoms with E-state index in [-0.39, 0.29) is 0 Å². The normalized spacial score (nSPS) is 9.90. The van der Waals surface area contributed by atoms with Crippen LogP contribution in [0.3, 0.4) is 0 Å². The Labute approximate surface area is 75.6 Å². The Morgan fingerprint density at radius 3 is 1.80 bits per heavy atom. The molecule has 2 radical (unpaired) electrons. The second-order valence-corrected chi connectivity index (χ2v) is 3.89. The van der Waals surface area contributed by atoms with Gasteiger partial charge >= 0.3 is 75.5 Å². The average Bonchev–Trinajstić information content (AvgIpc) is 1.82. The van der Waals surface area contributed by atoms with Crippen molar-refractivity contribution in [2.75, 3.05) is 0 Å². The van der Waals surface area contributed by atoms with Crippen LogP contribution in [0.4, 0.5) is 0 Å². The van der Waals surface area contributed by atoms with Crippen molar-refractivity contribution in [3.63, 3.8) is 0 Å². The van der Waals surface area contributed by atoms with Gasteiger partial charge in [0.05, 0.1) is 0 Å². The van der Waals surface area contributed by atoms with Gasteiger partial charge in [-0.2, -0.15) is 0 Å². The Morgan fingerprint density at radius 1 is 1.00 bits per heavy atom. The van der Waals surface area contributed by atoms with Gasteiger partial charge < -0.3 is 0 Å². The first kappa shape index (κ1) is 8.11. The number of rotatable bonds is 0. The summed E-state index contributed by atoms with van der Waals surface area (Å²) in [5.74, 6) is 0. The van der Waals surface area contributed by atoms with Gasteiger partial charge in [-0.3, -0.25) is 0 Å². The summed E-state index contributed by atoms with van der Waals surface area (Å²) in [7, 11) is 0. The Kier molecular flexibility index (Phi) is 2.39. The average molecular weight is 247 g/mol. The first-order chi connectivity index (χ1) is 4.61. The van der Waals surface area contributed by atoms with Gasteiger partial charge in [-0.15, -0.1) is 0 Å². The molecule has 1 heteroatoms. The second kappa shape index (κ2) is 2.94. The second-order valence-electron chi connectivity index (χ2n) is 2.73. The first-order valence-electron chi connectivity index (χ1n) is 3.36. The summed E-state index contributed by atoms with van der Waals surface area (Å²) < 4.78 is 1.43. The Morgan fingerprint density at radius 2 is 1.40 bits per heavy atom. The molecule has 0 aliphatic heterocycles. The molecule has 0 spiro atoms. The Bertz CT molecular complexity index is 228. The standard InChI is InChI=1S/C9H11Te/c1-6-4-7(2)9(10)8(3)5-6/h4-5H,1-3H3/q+1. The molecule has 0 aromatic heterocycles. The maximum absolute atomic E-state index is 2.23. The van der Waals surface area contributed by atoms with E-state index in [1.54, 1.807) is 0 Å². The van der Waals surface area contributed by atoms with Crippen LogP contribution in [0.2, 0.25) is 0 Å². The SMILES string of the molecule is Cc1cc(C)c([Te+])c(C)c1. The molecular formula is C9H11Te+. The van der Waals surface area contributed by atoms with Crippen LogP contribution in [0.5, 0.6) is 0 Å². The Balaban J connectivity index is 3.31. The zero-order chi connectivity index (χ0) is 7.72. The van der Waals surface area contributed by atoms with Crippen LogP contribution >= 0.6 is 0 Å². The molecule has 1 rings (SSSR count). The van der Waals surface area contributed by atoms with E-state index in [1.165, 1.54) is 20.3 Å². The van der Waals surface area contributed by atoms with Crippen molar-refractivity contribution >= 4 is 25.9 Å². The monoisotopic (exact) mass is 249 g/mol. The van der Waals surface area contributed by atoms with Crippen molar-refractivity contribution in [3.8, 4) is 0 Å². The van der Waals surface area contributed by atoms with Gasteiger partial charge in [0, 0.05) is 0 Å². The molecule has 0 heterocycles. The fourth-order valence-corrected chi connectivity index (χ4v) is 1.50. The quantitative estimate of drug-likeness (QED) is 0.608. The van der Waals surface area contributed by atoms with Crippen molar-refractivity contribution in [2.24, 2.45) is 0 Å². The number of benzene rings is 1. The predicted molar refractivity (Wildman–Crippen MR) is 46.0 cm³/mol. The summed E-state index contributed by atoms with van der Waals surface area (Å²) in [5.41, 5.74) is 4.17. The van der Waals surface area contributed by atoms with Crippen molar-refractivity contribution < 1.29 is 0 Å². The minimum absolute atomic E-state index is 1.36. The van der Waals surface area contributed by atoms with Crippen molar-refractivity contribution in [2.45, 2.75) is 20.8 Å². The number of aryl methyl sites for hydroxylation is 3. The Hall–Kier alpha value is 0.00961. The molecule has 10 heavy (non-hydrogen) atoms. The van der Waals surface area contributed by atoms with Gasteiger partial charge in [0.1, 0.15) is 0 Å². The number of hydrogen-bond donors (Lipinski definition) is 0. The molecule has 0 fully saturated rings. The van der Waals surface area contributed by atoms with Crippen LogP contribution in [0.1, 0.15) is 16.7 Å². The van der Waals surface area contributed by atoms with Gasteiger partial charge in [-0.1, -0.05) is 0 Å². The van der Waals surface area contributed by atoms with Gasteiger partial charge in [0.25, 0.3) is 0 Å². The molecule has 0 N–H and O–H groups in total. The van der Waals surface area contributed by atoms with Crippen molar-refractivity contribution in [1.29, 1.82) is 0 Å². The number of hydrogen-bond acceptors (Lipinski definition) is 0. The molecule has 0 amide bonds. The van der Waals surface area contributed by atoms with Crippen molar-refractivity contribution in [3.05, 3.63) is 28.8 Å². The van der Waals surface area contributed by atoms with E-state index < -0.39 is 0 Å². The molecule has 1 aromatic rings. The van der Waals surface area contributed by atoms with Crippen LogP contribution in [0.25, 0.3) is 0 Å². The molecule has 1 aromatic carbocycles. The van der Waals surface area contributed by atoms with E-state index in [0.717, 1.165) is 0 Å². The van der Waals surface area contributed by atoms with Crippen LogP contribution in [-0.2, 0) is 0 Å². The third kappa shape index (κ3) is 1.54. The summed E-state index contributed by atoms with van der Waals surface area (Å²) in [6, 6.07) is 4.45. The maximum atomic E-state index is 2.23. The molecule has 0 bridgehead atoms. The van der Waals surface area contributed by atoms with Gasteiger partial charge in [0.2, 0.25) is 0 Å². The van der Waals surface area contributed by atoms with Crippen LogP contribution in [0.15, 0.2) is 12.1 Å². The molecule has 0 saturated heterocycles. The van der Waals surface area contributed by atoms with Gasteiger partial charge in [-0.25, -0.2) is 0 Å². The fraction of sp³-hybridized carbons (Fsp3) is 0.333. The van der Waals surface area contributed by atoms with E-state index in [4.69, 9.17) is 0 Å². The van der Waals surface area contributed by atoms with Crippen LogP contribution in [-0.4, -0.2) is 22.3 Å². The van der Waals surface area contributed by atoms with E-state index in [9.17, 15) is 0 Å². The minimum atomic E-state index is 1.36. The molecule has 0 nitrogen and oxygen atoms in total. The van der Waals surface area contributed by atoms with E-state index in [0.29, 0.717) is 0 Å². The van der Waals surface area contributed by atoms with Gasteiger partial charge in [-0.05, 0) is 0 Å². The molecule has 0 aliphatic rings. The van der Waals surface area contributed by atoms with E-state index in [2.05, 4.69) is 55.2 Å². The summed E-state index contributed by atoms with van der Waals surface area (Å²) >= 11 is 2.10. The third-order valence-corrected chi connectivity index (χ3v) is 3.44. The summed E-state index contributed by atoms with van der Waals surface area (Å²) in [6.45, 7) is 6.47. The van der Waals surface area contributed by atoms with Crippen molar-refractivity contribution in [1.82, 2.24) is 0 Å². The first-order valence-corrected chi connectivity index (χ1v) is 4.52. The summed E-state index contributed by atoms with van der Waals surface area (Å²) in [6.07, 6.45) is 0. The zero-order valence-electron chi connectivity index (χ0n) is 6.56. The van der Waals surface area contributed by atoms with Crippen LogP contribution < -0.4 is 3.61 Å². The predicted octanol–water partition coefficient (Wildman–Crippen LogP) is 1.41. The molecule has 0 atom stereocenters.